The van der Waals surface area contributed by atoms with Gasteiger partial charge in [-0.05, 0) is 31.4 Å². The number of amides is 3. The van der Waals surface area contributed by atoms with Gasteiger partial charge in [0, 0.05) is 24.8 Å². The first-order valence-electron chi connectivity index (χ1n) is 8.64. The van der Waals surface area contributed by atoms with E-state index in [9.17, 15) is 18.4 Å². The summed E-state index contributed by atoms with van der Waals surface area (Å²) in [6.45, 7) is 3.20. The van der Waals surface area contributed by atoms with E-state index in [-0.39, 0.29) is 22.8 Å². The van der Waals surface area contributed by atoms with Crippen LogP contribution in [0.2, 0.25) is 0 Å². The molecule has 1 aromatic heterocycles. The van der Waals surface area contributed by atoms with E-state index in [4.69, 9.17) is 0 Å². The molecule has 1 atom stereocenters. The van der Waals surface area contributed by atoms with Crippen molar-refractivity contribution in [3.8, 4) is 0 Å². The number of halogens is 2. The van der Waals surface area contributed by atoms with E-state index in [2.05, 4.69) is 20.8 Å². The maximum Gasteiger partial charge on any atom is 0.317 e. The van der Waals surface area contributed by atoms with E-state index >= 15 is 0 Å². The molecule has 3 amide bonds. The lowest BCUT2D eigenvalue weighted by Gasteiger charge is -2.22. The van der Waals surface area contributed by atoms with E-state index in [0.717, 1.165) is 42.7 Å². The van der Waals surface area contributed by atoms with Gasteiger partial charge in [0.2, 0.25) is 5.01 Å². The summed E-state index contributed by atoms with van der Waals surface area (Å²) in [5.74, 6) is -2.61. The molecule has 1 aliphatic heterocycles. The van der Waals surface area contributed by atoms with Gasteiger partial charge in [0.05, 0.1) is 6.04 Å². The highest BCUT2D eigenvalue weighted by atomic mass is 32.1. The highest BCUT2D eigenvalue weighted by Crippen LogP contribution is 2.33. The van der Waals surface area contributed by atoms with Crippen molar-refractivity contribution < 1.29 is 18.4 Å². The van der Waals surface area contributed by atoms with E-state index < -0.39 is 17.5 Å². The van der Waals surface area contributed by atoms with Gasteiger partial charge in [-0.3, -0.25) is 4.79 Å². The maximum atomic E-state index is 13.3. The molecule has 0 aliphatic carbocycles. The third-order valence-electron chi connectivity index (χ3n) is 4.14. The highest BCUT2D eigenvalue weighted by molar-refractivity contribution is 7.13. The minimum absolute atomic E-state index is 0.0931. The molecule has 27 heavy (non-hydrogen) atoms. The molecule has 144 valence electrons. The Morgan fingerprint density at radius 2 is 2.11 bits per heavy atom. The van der Waals surface area contributed by atoms with E-state index in [0.29, 0.717) is 18.1 Å². The average Bonchev–Trinajstić information content (AvgIpc) is 3.31. The first kappa shape index (κ1) is 19.2. The summed E-state index contributed by atoms with van der Waals surface area (Å²) in [4.78, 5) is 26.2. The van der Waals surface area contributed by atoms with Crippen molar-refractivity contribution in [2.24, 2.45) is 0 Å². The number of urea groups is 1. The molecule has 10 heteroatoms. The molecule has 1 aliphatic rings. The molecule has 0 saturated carbocycles. The molecule has 3 rings (SSSR count). The van der Waals surface area contributed by atoms with Gasteiger partial charge < -0.3 is 15.5 Å². The quantitative estimate of drug-likeness (QED) is 0.813. The Kier molecular flexibility index (Phi) is 5.94. The van der Waals surface area contributed by atoms with Crippen LogP contribution in [0.3, 0.4) is 0 Å². The lowest BCUT2D eigenvalue weighted by Crippen LogP contribution is -2.39. The lowest BCUT2D eigenvalue weighted by atomic mass is 10.2. The molecule has 7 nitrogen and oxygen atoms in total. The summed E-state index contributed by atoms with van der Waals surface area (Å²) in [6.07, 6.45) is 2.44. The molecule has 0 radical (unpaired) electrons. The predicted molar refractivity (Wildman–Crippen MR) is 96.6 cm³/mol. The van der Waals surface area contributed by atoms with Crippen molar-refractivity contribution in [2.75, 3.05) is 18.4 Å². The van der Waals surface area contributed by atoms with Crippen LogP contribution in [0.1, 0.15) is 47.0 Å². The number of hydrogen-bond donors (Lipinski definition) is 2. The number of likely N-dealkylation sites (tertiary alicyclic amines) is 1. The Bertz CT molecular complexity index is 844. The van der Waals surface area contributed by atoms with Crippen molar-refractivity contribution in [3.63, 3.8) is 0 Å². The van der Waals surface area contributed by atoms with Crippen molar-refractivity contribution >= 4 is 29.0 Å². The van der Waals surface area contributed by atoms with Crippen LogP contribution in [0.15, 0.2) is 18.2 Å². The highest BCUT2D eigenvalue weighted by Gasteiger charge is 2.33. The van der Waals surface area contributed by atoms with Crippen LogP contribution in [0.5, 0.6) is 0 Å². The Hall–Kier alpha value is -2.62. The molecular weight excluding hydrogens is 376 g/mol. The summed E-state index contributed by atoms with van der Waals surface area (Å²) in [5, 5.41) is 13.9. The van der Waals surface area contributed by atoms with Crippen LogP contribution in [0.25, 0.3) is 0 Å². The number of nitrogens with one attached hydrogen (secondary N) is 2. The molecule has 0 bridgehead atoms. The summed E-state index contributed by atoms with van der Waals surface area (Å²) in [5.41, 5.74) is 0.122. The molecular formula is C17H19F2N5O2S. The molecule has 0 spiro atoms. The number of benzene rings is 1. The Morgan fingerprint density at radius 3 is 2.85 bits per heavy atom. The Labute approximate surface area is 158 Å². The van der Waals surface area contributed by atoms with Gasteiger partial charge in [-0.2, -0.15) is 0 Å². The van der Waals surface area contributed by atoms with Crippen molar-refractivity contribution in [2.45, 2.75) is 32.2 Å². The van der Waals surface area contributed by atoms with Crippen LogP contribution in [0.4, 0.5) is 19.3 Å². The van der Waals surface area contributed by atoms with Crippen molar-refractivity contribution in [1.29, 1.82) is 0 Å². The van der Waals surface area contributed by atoms with Crippen molar-refractivity contribution in [1.82, 2.24) is 20.4 Å². The normalized spacial score (nSPS) is 16.4. The number of carbonyl (C=O) groups is 2. The zero-order valence-corrected chi connectivity index (χ0v) is 15.5. The first-order chi connectivity index (χ1) is 13.0. The number of hydrogen-bond acceptors (Lipinski definition) is 5. The lowest BCUT2D eigenvalue weighted by molar-refractivity contribution is 0.102. The maximum absolute atomic E-state index is 13.3. The SMILES string of the molecule is CCCNC(=O)N1CCCC1c1nnc(C(=O)Nc2ccc(F)c(F)c2)s1. The zero-order valence-electron chi connectivity index (χ0n) is 14.7. The van der Waals surface area contributed by atoms with Gasteiger partial charge >= 0.3 is 6.03 Å². The predicted octanol–water partition coefficient (Wildman–Crippen LogP) is 3.33. The Morgan fingerprint density at radius 1 is 1.30 bits per heavy atom. The summed E-state index contributed by atoms with van der Waals surface area (Å²) in [7, 11) is 0. The average molecular weight is 395 g/mol. The smallest absolute Gasteiger partial charge is 0.317 e. The molecule has 1 unspecified atom stereocenters. The van der Waals surface area contributed by atoms with Gasteiger partial charge in [0.15, 0.2) is 11.6 Å². The van der Waals surface area contributed by atoms with Gasteiger partial charge in [0.1, 0.15) is 5.01 Å². The summed E-state index contributed by atoms with van der Waals surface area (Å²) < 4.78 is 26.2. The summed E-state index contributed by atoms with van der Waals surface area (Å²) >= 11 is 1.09. The largest absolute Gasteiger partial charge is 0.338 e. The van der Waals surface area contributed by atoms with Gasteiger partial charge in [0.25, 0.3) is 5.91 Å². The second-order valence-corrected chi connectivity index (χ2v) is 7.12. The standard InChI is InChI=1S/C17H19F2N5O2S/c1-2-7-20-17(26)24-8-3-4-13(24)15-22-23-16(27-15)14(25)21-10-5-6-11(18)12(19)9-10/h5-6,9,13H,2-4,7-8H2,1H3,(H,20,26)(H,21,25). The minimum Gasteiger partial charge on any atom is -0.338 e. The fourth-order valence-corrected chi connectivity index (χ4v) is 3.71. The molecule has 2 heterocycles. The molecule has 2 aromatic rings. The molecule has 2 N–H and O–H groups in total. The van der Waals surface area contributed by atoms with Crippen LogP contribution < -0.4 is 10.6 Å². The molecule has 1 fully saturated rings. The van der Waals surface area contributed by atoms with Crippen LogP contribution in [-0.4, -0.2) is 40.1 Å². The van der Waals surface area contributed by atoms with Gasteiger partial charge in [-0.1, -0.05) is 18.3 Å². The fraction of sp³-hybridized carbons (Fsp3) is 0.412. The first-order valence-corrected chi connectivity index (χ1v) is 9.45. The van der Waals surface area contributed by atoms with E-state index in [1.54, 1.807) is 4.90 Å². The number of rotatable bonds is 5. The second-order valence-electron chi connectivity index (χ2n) is 6.11. The number of anilines is 1. The van der Waals surface area contributed by atoms with E-state index in [1.807, 2.05) is 6.92 Å². The number of nitrogens with zero attached hydrogens (tertiary/aromatic N) is 3. The fourth-order valence-electron chi connectivity index (χ4n) is 2.82. The van der Waals surface area contributed by atoms with Gasteiger partial charge in [-0.25, -0.2) is 13.6 Å². The van der Waals surface area contributed by atoms with E-state index in [1.165, 1.54) is 6.07 Å². The van der Waals surface area contributed by atoms with Crippen LogP contribution >= 0.6 is 11.3 Å². The summed E-state index contributed by atoms with van der Waals surface area (Å²) in [6, 6.07) is 2.72. The molecule has 1 aromatic carbocycles. The minimum atomic E-state index is -1.05. The zero-order chi connectivity index (χ0) is 19.4. The third-order valence-corrected chi connectivity index (χ3v) is 5.16. The molecule has 1 saturated heterocycles. The van der Waals surface area contributed by atoms with Crippen molar-refractivity contribution in [3.05, 3.63) is 39.8 Å². The Balaban J connectivity index is 1.69. The monoisotopic (exact) mass is 395 g/mol. The second kappa shape index (κ2) is 8.38. The third kappa shape index (κ3) is 4.38. The van der Waals surface area contributed by atoms with Crippen LogP contribution in [0, 0.1) is 11.6 Å². The number of aromatic nitrogens is 2. The number of carbonyl (C=O) groups excluding carboxylic acids is 2. The topological polar surface area (TPSA) is 87.2 Å². The van der Waals surface area contributed by atoms with Crippen LogP contribution in [-0.2, 0) is 0 Å². The van der Waals surface area contributed by atoms with Gasteiger partial charge in [-0.15, -0.1) is 10.2 Å².